The van der Waals surface area contributed by atoms with Gasteiger partial charge in [0.2, 0.25) is 5.91 Å². The number of nitrogens with zero attached hydrogens (tertiary/aromatic N) is 4. The third-order valence-corrected chi connectivity index (χ3v) is 2.43. The lowest BCUT2D eigenvalue weighted by Crippen LogP contribution is -2.21. The van der Waals surface area contributed by atoms with Gasteiger partial charge in [-0.15, -0.1) is 0 Å². The Bertz CT molecular complexity index is 608. The van der Waals surface area contributed by atoms with Crippen LogP contribution in [0, 0.1) is 6.92 Å². The number of carbonyl (C=O) groups excluding carboxylic acids is 1. The van der Waals surface area contributed by atoms with Crippen LogP contribution < -0.4 is 5.32 Å². The summed E-state index contributed by atoms with van der Waals surface area (Å²) in [5, 5.41) is 12.9. The maximum atomic E-state index is 12.5. The predicted molar refractivity (Wildman–Crippen MR) is 62.6 cm³/mol. The lowest BCUT2D eigenvalue weighted by atomic mass is 10.3. The van der Waals surface area contributed by atoms with E-state index < -0.39 is 17.8 Å². The first-order valence-corrected chi connectivity index (χ1v) is 5.54. The highest BCUT2D eigenvalue weighted by atomic mass is 19.4. The van der Waals surface area contributed by atoms with Crippen molar-refractivity contribution in [1.29, 1.82) is 0 Å². The third kappa shape index (κ3) is 3.31. The van der Waals surface area contributed by atoms with E-state index in [1.54, 1.807) is 0 Å². The van der Waals surface area contributed by atoms with Crippen LogP contribution in [0.15, 0.2) is 24.5 Å². The Kier molecular flexibility index (Phi) is 3.68. The van der Waals surface area contributed by atoms with Crippen molar-refractivity contribution in [3.63, 3.8) is 0 Å². The van der Waals surface area contributed by atoms with Crippen LogP contribution in [0.2, 0.25) is 0 Å². The van der Waals surface area contributed by atoms with E-state index in [4.69, 9.17) is 0 Å². The summed E-state index contributed by atoms with van der Waals surface area (Å²) in [5.41, 5.74) is -0.362. The fraction of sp³-hybridized carbons (Fsp3) is 0.273. The standard InChI is InChI=1S/C11H10F3N5O/c1-7-4-9(11(12,13)14)18-19(7)6-10(20)17-8-2-3-15-16-5-8/h2-5H,6H2,1H3,(H,15,17,20). The zero-order valence-electron chi connectivity index (χ0n) is 10.3. The van der Waals surface area contributed by atoms with Gasteiger partial charge < -0.3 is 5.32 Å². The highest BCUT2D eigenvalue weighted by Crippen LogP contribution is 2.28. The van der Waals surface area contributed by atoms with Crippen molar-refractivity contribution in [2.24, 2.45) is 0 Å². The highest BCUT2D eigenvalue weighted by molar-refractivity contribution is 5.90. The number of halogens is 3. The molecule has 9 heteroatoms. The number of alkyl halides is 3. The zero-order valence-corrected chi connectivity index (χ0v) is 10.3. The van der Waals surface area contributed by atoms with Crippen molar-refractivity contribution in [3.05, 3.63) is 35.9 Å². The van der Waals surface area contributed by atoms with E-state index >= 15 is 0 Å². The molecule has 0 aliphatic heterocycles. The van der Waals surface area contributed by atoms with Crippen LogP contribution in [0.5, 0.6) is 0 Å². The first-order chi connectivity index (χ1) is 9.36. The number of nitrogens with one attached hydrogen (secondary N) is 1. The Morgan fingerprint density at radius 2 is 2.15 bits per heavy atom. The summed E-state index contributed by atoms with van der Waals surface area (Å²) in [6.07, 6.45) is -1.81. The molecule has 0 aromatic carbocycles. The molecule has 106 valence electrons. The van der Waals surface area contributed by atoms with E-state index in [9.17, 15) is 18.0 Å². The molecule has 1 amide bonds. The minimum absolute atomic E-state index is 0.250. The van der Waals surface area contributed by atoms with Gasteiger partial charge in [0.05, 0.1) is 18.1 Å². The van der Waals surface area contributed by atoms with Gasteiger partial charge >= 0.3 is 6.18 Å². The topological polar surface area (TPSA) is 72.7 Å². The minimum atomic E-state index is -4.53. The van der Waals surface area contributed by atoms with Crippen molar-refractivity contribution in [1.82, 2.24) is 20.0 Å². The van der Waals surface area contributed by atoms with Crippen molar-refractivity contribution in [2.75, 3.05) is 5.32 Å². The fourth-order valence-corrected chi connectivity index (χ4v) is 1.51. The summed E-state index contributed by atoms with van der Waals surface area (Å²) < 4.78 is 38.4. The molecule has 2 aromatic heterocycles. The van der Waals surface area contributed by atoms with Crippen LogP contribution in [0.25, 0.3) is 0 Å². The second kappa shape index (κ2) is 5.27. The van der Waals surface area contributed by atoms with Gasteiger partial charge in [-0.3, -0.25) is 9.48 Å². The monoisotopic (exact) mass is 285 g/mol. The van der Waals surface area contributed by atoms with E-state index in [0.717, 1.165) is 10.7 Å². The summed E-state index contributed by atoms with van der Waals surface area (Å²) in [5.74, 6) is -0.502. The lowest BCUT2D eigenvalue weighted by molar-refractivity contribution is -0.141. The van der Waals surface area contributed by atoms with Crippen LogP contribution >= 0.6 is 0 Å². The molecule has 0 radical (unpaired) electrons. The normalized spacial score (nSPS) is 11.4. The molecule has 20 heavy (non-hydrogen) atoms. The molecule has 0 unspecified atom stereocenters. The third-order valence-electron chi connectivity index (χ3n) is 2.43. The first kappa shape index (κ1) is 14.0. The van der Waals surface area contributed by atoms with E-state index in [0.29, 0.717) is 5.69 Å². The molecule has 0 aliphatic carbocycles. The molecule has 0 bridgehead atoms. The Labute approximate surface area is 111 Å². The molecule has 0 saturated heterocycles. The van der Waals surface area contributed by atoms with Crippen LogP contribution in [-0.4, -0.2) is 25.9 Å². The van der Waals surface area contributed by atoms with Gasteiger partial charge in [0.25, 0.3) is 0 Å². The summed E-state index contributed by atoms with van der Waals surface area (Å²) in [7, 11) is 0. The number of carbonyl (C=O) groups is 1. The second-order valence-corrected chi connectivity index (χ2v) is 4.01. The summed E-state index contributed by atoms with van der Waals surface area (Å²) in [6, 6.07) is 2.41. The van der Waals surface area contributed by atoms with Crippen molar-refractivity contribution in [2.45, 2.75) is 19.6 Å². The molecule has 0 spiro atoms. The van der Waals surface area contributed by atoms with Gasteiger partial charge in [0.1, 0.15) is 6.54 Å². The average molecular weight is 285 g/mol. The smallest absolute Gasteiger partial charge is 0.323 e. The maximum absolute atomic E-state index is 12.5. The lowest BCUT2D eigenvalue weighted by Gasteiger charge is -2.06. The Balaban J connectivity index is 2.07. The van der Waals surface area contributed by atoms with Gasteiger partial charge in [0, 0.05) is 5.69 Å². The molecular weight excluding hydrogens is 275 g/mol. The molecule has 0 saturated carbocycles. The fourth-order valence-electron chi connectivity index (χ4n) is 1.51. The van der Waals surface area contributed by atoms with Gasteiger partial charge in [-0.1, -0.05) is 0 Å². The molecular formula is C11H10F3N5O. The Hall–Kier alpha value is -2.45. The van der Waals surface area contributed by atoms with Gasteiger partial charge in [0.15, 0.2) is 5.69 Å². The van der Waals surface area contributed by atoms with E-state index in [1.165, 1.54) is 25.4 Å². The van der Waals surface area contributed by atoms with Crippen LogP contribution in [0.4, 0.5) is 18.9 Å². The van der Waals surface area contributed by atoms with Crippen LogP contribution in [-0.2, 0) is 17.5 Å². The molecule has 1 N–H and O–H groups in total. The number of anilines is 1. The van der Waals surface area contributed by atoms with Crippen molar-refractivity contribution >= 4 is 11.6 Å². The largest absolute Gasteiger partial charge is 0.435 e. The van der Waals surface area contributed by atoms with Gasteiger partial charge in [-0.05, 0) is 19.1 Å². The van der Waals surface area contributed by atoms with Crippen LogP contribution in [0.1, 0.15) is 11.4 Å². The number of rotatable bonds is 3. The maximum Gasteiger partial charge on any atom is 0.435 e. The molecule has 0 fully saturated rings. The number of aryl methyl sites for hydroxylation is 1. The molecule has 0 atom stereocenters. The predicted octanol–water partition coefficient (Wildman–Crippen LogP) is 1.64. The summed E-state index contributed by atoms with van der Waals surface area (Å²) in [6.45, 7) is 1.13. The van der Waals surface area contributed by atoms with Gasteiger partial charge in [-0.2, -0.15) is 28.5 Å². The highest BCUT2D eigenvalue weighted by Gasteiger charge is 2.34. The molecule has 2 heterocycles. The van der Waals surface area contributed by atoms with Gasteiger partial charge in [-0.25, -0.2) is 0 Å². The summed E-state index contributed by atoms with van der Waals surface area (Å²) in [4.78, 5) is 11.7. The van der Waals surface area contributed by atoms with Crippen molar-refractivity contribution in [3.8, 4) is 0 Å². The second-order valence-electron chi connectivity index (χ2n) is 4.01. The average Bonchev–Trinajstić information content (AvgIpc) is 2.72. The van der Waals surface area contributed by atoms with Crippen LogP contribution in [0.3, 0.4) is 0 Å². The number of hydrogen-bond donors (Lipinski definition) is 1. The first-order valence-electron chi connectivity index (χ1n) is 5.54. The van der Waals surface area contributed by atoms with E-state index in [2.05, 4.69) is 20.6 Å². The molecule has 0 aliphatic rings. The Morgan fingerprint density at radius 3 is 2.70 bits per heavy atom. The summed E-state index contributed by atoms with van der Waals surface area (Å²) >= 11 is 0. The number of aromatic nitrogens is 4. The SMILES string of the molecule is Cc1cc(C(F)(F)F)nn1CC(=O)Nc1ccnnc1. The number of hydrogen-bond acceptors (Lipinski definition) is 4. The van der Waals surface area contributed by atoms with E-state index in [-0.39, 0.29) is 12.2 Å². The molecule has 6 nitrogen and oxygen atoms in total. The quantitative estimate of drug-likeness (QED) is 0.930. The number of amides is 1. The zero-order chi connectivity index (χ0) is 14.8. The minimum Gasteiger partial charge on any atom is -0.323 e. The molecule has 2 rings (SSSR count). The van der Waals surface area contributed by atoms with E-state index in [1.807, 2.05) is 0 Å². The Morgan fingerprint density at radius 1 is 1.40 bits per heavy atom. The van der Waals surface area contributed by atoms with Crippen molar-refractivity contribution < 1.29 is 18.0 Å². The molecule has 2 aromatic rings.